The summed E-state index contributed by atoms with van der Waals surface area (Å²) in [6.45, 7) is 0.809. The lowest BCUT2D eigenvalue weighted by atomic mass is 9.97. The predicted molar refractivity (Wildman–Crippen MR) is 51.0 cm³/mol. The van der Waals surface area contributed by atoms with Gasteiger partial charge in [-0.2, -0.15) is 0 Å². The summed E-state index contributed by atoms with van der Waals surface area (Å²) >= 11 is 3.68. The molecule has 0 fully saturated rings. The van der Waals surface area contributed by atoms with E-state index in [0.29, 0.717) is 0 Å². The summed E-state index contributed by atoms with van der Waals surface area (Å²) in [6, 6.07) is 0. The highest BCUT2D eigenvalue weighted by Crippen LogP contribution is 2.31. The maximum Gasteiger partial charge on any atom is 0.0496 e. The lowest BCUT2D eigenvalue weighted by Gasteiger charge is -2.23. The molecule has 11 heavy (non-hydrogen) atoms. The first-order valence-electron chi connectivity index (χ1n) is 3.79. The molecule has 1 aliphatic carbocycles. The molecule has 1 unspecified atom stereocenters. The Morgan fingerprint density at radius 2 is 2.36 bits per heavy atom. The van der Waals surface area contributed by atoms with Gasteiger partial charge in [0, 0.05) is 18.0 Å². The van der Waals surface area contributed by atoms with Crippen LogP contribution in [-0.4, -0.2) is 18.0 Å². The second-order valence-electron chi connectivity index (χ2n) is 2.77. The van der Waals surface area contributed by atoms with E-state index in [1.165, 1.54) is 0 Å². The van der Waals surface area contributed by atoms with Gasteiger partial charge in [-0.05, 0) is 12.8 Å². The van der Waals surface area contributed by atoms with Crippen LogP contribution < -0.4 is 0 Å². The number of hydrogen-bond acceptors (Lipinski definition) is 1. The van der Waals surface area contributed by atoms with Crippen molar-refractivity contribution in [3.63, 3.8) is 0 Å². The Labute approximate surface area is 76.3 Å². The normalized spacial score (nSPS) is 29.3. The molecule has 0 saturated carbocycles. The molecule has 2 heteroatoms. The number of ether oxygens (including phenoxy) is 1. The molecular weight excluding hydrogens is 204 g/mol. The van der Waals surface area contributed by atoms with Gasteiger partial charge < -0.3 is 4.74 Å². The van der Waals surface area contributed by atoms with Crippen LogP contribution in [0.15, 0.2) is 24.3 Å². The number of alkyl halides is 1. The molecular formula is C9H13BrO. The number of methoxy groups -OCH3 is 1. The molecule has 1 aliphatic rings. The fourth-order valence-electron chi connectivity index (χ4n) is 1.10. The van der Waals surface area contributed by atoms with E-state index in [0.717, 1.165) is 19.4 Å². The molecule has 1 atom stereocenters. The van der Waals surface area contributed by atoms with Crippen LogP contribution >= 0.6 is 15.9 Å². The molecule has 0 heterocycles. The standard InChI is InChI=1S/C9H13BrO/c1-11-8-7-9(10)5-3-2-4-6-9/h2-5H,6-8H2,1H3. The summed E-state index contributed by atoms with van der Waals surface area (Å²) in [4.78, 5) is 0. The van der Waals surface area contributed by atoms with Gasteiger partial charge in [0.15, 0.2) is 0 Å². The molecule has 0 aromatic carbocycles. The summed E-state index contributed by atoms with van der Waals surface area (Å²) in [5.74, 6) is 0. The van der Waals surface area contributed by atoms with Crippen molar-refractivity contribution in [3.8, 4) is 0 Å². The van der Waals surface area contributed by atoms with Crippen LogP contribution in [0, 0.1) is 0 Å². The maximum atomic E-state index is 5.02. The van der Waals surface area contributed by atoms with E-state index in [-0.39, 0.29) is 4.32 Å². The summed E-state index contributed by atoms with van der Waals surface area (Å²) < 4.78 is 5.17. The van der Waals surface area contributed by atoms with Crippen LogP contribution in [0.25, 0.3) is 0 Å². The molecule has 0 N–H and O–H groups in total. The van der Waals surface area contributed by atoms with Gasteiger partial charge in [-0.3, -0.25) is 0 Å². The predicted octanol–water partition coefficient (Wildman–Crippen LogP) is 2.67. The molecule has 0 bridgehead atoms. The third-order valence-electron chi connectivity index (χ3n) is 1.82. The van der Waals surface area contributed by atoms with Crippen molar-refractivity contribution in [2.45, 2.75) is 17.2 Å². The molecule has 0 amide bonds. The first-order valence-corrected chi connectivity index (χ1v) is 4.58. The smallest absolute Gasteiger partial charge is 0.0496 e. The fraction of sp³-hybridized carbons (Fsp3) is 0.556. The van der Waals surface area contributed by atoms with Crippen molar-refractivity contribution in [1.29, 1.82) is 0 Å². The van der Waals surface area contributed by atoms with Crippen LogP contribution in [0.5, 0.6) is 0 Å². The van der Waals surface area contributed by atoms with Gasteiger partial charge in [-0.25, -0.2) is 0 Å². The largest absolute Gasteiger partial charge is 0.385 e. The number of rotatable bonds is 3. The highest BCUT2D eigenvalue weighted by atomic mass is 79.9. The zero-order valence-corrected chi connectivity index (χ0v) is 8.30. The molecule has 0 aliphatic heterocycles. The van der Waals surface area contributed by atoms with Crippen molar-refractivity contribution in [3.05, 3.63) is 24.3 Å². The molecule has 0 radical (unpaired) electrons. The topological polar surface area (TPSA) is 9.23 Å². The summed E-state index contributed by atoms with van der Waals surface area (Å²) in [6.07, 6.45) is 10.6. The minimum absolute atomic E-state index is 0.151. The van der Waals surface area contributed by atoms with Crippen molar-refractivity contribution in [1.82, 2.24) is 0 Å². The van der Waals surface area contributed by atoms with Gasteiger partial charge in [0.05, 0.1) is 0 Å². The number of allylic oxidation sites excluding steroid dienone is 4. The van der Waals surface area contributed by atoms with Crippen molar-refractivity contribution in [2.75, 3.05) is 13.7 Å². The van der Waals surface area contributed by atoms with Crippen molar-refractivity contribution < 1.29 is 4.74 Å². The lowest BCUT2D eigenvalue weighted by Crippen LogP contribution is -2.20. The van der Waals surface area contributed by atoms with Gasteiger partial charge in [0.2, 0.25) is 0 Å². The van der Waals surface area contributed by atoms with Gasteiger partial charge in [0.1, 0.15) is 0 Å². The van der Waals surface area contributed by atoms with Crippen LogP contribution in [0.1, 0.15) is 12.8 Å². The van der Waals surface area contributed by atoms with E-state index in [4.69, 9.17) is 4.74 Å². The van der Waals surface area contributed by atoms with Gasteiger partial charge in [-0.1, -0.05) is 40.2 Å². The molecule has 0 aromatic heterocycles. The third kappa shape index (κ3) is 2.80. The van der Waals surface area contributed by atoms with E-state index in [1.54, 1.807) is 7.11 Å². The van der Waals surface area contributed by atoms with Crippen molar-refractivity contribution >= 4 is 15.9 Å². The second-order valence-corrected chi connectivity index (χ2v) is 4.35. The average Bonchev–Trinajstić information content (AvgIpc) is 2.03. The summed E-state index contributed by atoms with van der Waals surface area (Å²) in [5.41, 5.74) is 0. The minimum Gasteiger partial charge on any atom is -0.385 e. The second kappa shape index (κ2) is 4.07. The fourth-order valence-corrected chi connectivity index (χ4v) is 1.60. The number of hydrogen-bond donors (Lipinski definition) is 0. The van der Waals surface area contributed by atoms with E-state index in [2.05, 4.69) is 40.2 Å². The highest BCUT2D eigenvalue weighted by molar-refractivity contribution is 9.10. The van der Waals surface area contributed by atoms with Crippen LogP contribution in [0.3, 0.4) is 0 Å². The molecule has 0 spiro atoms. The Hall–Kier alpha value is -0.0800. The summed E-state index contributed by atoms with van der Waals surface area (Å²) in [7, 11) is 1.73. The maximum absolute atomic E-state index is 5.02. The number of halogens is 1. The van der Waals surface area contributed by atoms with E-state index in [1.807, 2.05) is 0 Å². The van der Waals surface area contributed by atoms with E-state index < -0.39 is 0 Å². The Morgan fingerprint density at radius 3 is 2.91 bits per heavy atom. The van der Waals surface area contributed by atoms with Crippen LogP contribution in [0.4, 0.5) is 0 Å². The van der Waals surface area contributed by atoms with Gasteiger partial charge in [-0.15, -0.1) is 0 Å². The zero-order chi connectivity index (χ0) is 8.16. The Kier molecular flexibility index (Phi) is 3.34. The quantitative estimate of drug-likeness (QED) is 0.660. The molecule has 62 valence electrons. The Morgan fingerprint density at radius 1 is 1.55 bits per heavy atom. The lowest BCUT2D eigenvalue weighted by molar-refractivity contribution is 0.189. The molecule has 1 nitrogen and oxygen atoms in total. The van der Waals surface area contributed by atoms with Gasteiger partial charge in [0.25, 0.3) is 0 Å². The Bertz CT molecular complexity index is 174. The first-order chi connectivity index (χ1) is 5.27. The third-order valence-corrected chi connectivity index (χ3v) is 2.81. The molecule has 0 saturated heterocycles. The van der Waals surface area contributed by atoms with Crippen molar-refractivity contribution in [2.24, 2.45) is 0 Å². The monoisotopic (exact) mass is 216 g/mol. The van der Waals surface area contributed by atoms with Crippen LogP contribution in [-0.2, 0) is 4.74 Å². The molecule has 0 aromatic rings. The summed E-state index contributed by atoms with van der Waals surface area (Å²) in [5, 5.41) is 0. The van der Waals surface area contributed by atoms with Crippen LogP contribution in [0.2, 0.25) is 0 Å². The Balaban J connectivity index is 2.40. The zero-order valence-electron chi connectivity index (χ0n) is 6.72. The van der Waals surface area contributed by atoms with Gasteiger partial charge >= 0.3 is 0 Å². The minimum atomic E-state index is 0.151. The SMILES string of the molecule is COCCC1(Br)C=CC=CC1. The average molecular weight is 217 g/mol. The van der Waals surface area contributed by atoms with E-state index in [9.17, 15) is 0 Å². The molecule has 1 rings (SSSR count). The van der Waals surface area contributed by atoms with E-state index >= 15 is 0 Å². The first kappa shape index (κ1) is 9.01. The highest BCUT2D eigenvalue weighted by Gasteiger charge is 2.22.